The van der Waals surface area contributed by atoms with Crippen molar-refractivity contribution in [3.63, 3.8) is 0 Å². The first-order valence-corrected chi connectivity index (χ1v) is 11.4. The molecule has 0 saturated carbocycles. The van der Waals surface area contributed by atoms with Crippen LogP contribution in [-0.4, -0.2) is 55.6 Å². The lowest BCUT2D eigenvalue weighted by molar-refractivity contribution is -0.129. The number of piperazine rings is 1. The summed E-state index contributed by atoms with van der Waals surface area (Å²) in [6, 6.07) is 13.6. The summed E-state index contributed by atoms with van der Waals surface area (Å²) in [6.45, 7) is 6.87. The zero-order valence-electron chi connectivity index (χ0n) is 17.5. The van der Waals surface area contributed by atoms with Gasteiger partial charge in [-0.2, -0.15) is 4.31 Å². The number of hydrogen-bond acceptors (Lipinski definition) is 4. The van der Waals surface area contributed by atoms with Gasteiger partial charge in [0.1, 0.15) is 0 Å². The van der Waals surface area contributed by atoms with Crippen molar-refractivity contribution in [2.24, 2.45) is 0 Å². The molecule has 3 rings (SSSR count). The SMILES string of the molecule is CC(=O)N1CCN(S(=O)(=O)c2cccc(C(=O)Nc3ccc(C(C)C)cc3)c2)CC1. The number of amides is 2. The summed E-state index contributed by atoms with van der Waals surface area (Å²) in [5.41, 5.74) is 2.09. The van der Waals surface area contributed by atoms with Crippen LogP contribution in [0.2, 0.25) is 0 Å². The Hall–Kier alpha value is -2.71. The summed E-state index contributed by atoms with van der Waals surface area (Å²) in [6.07, 6.45) is 0. The Balaban J connectivity index is 1.73. The fourth-order valence-corrected chi connectivity index (χ4v) is 4.81. The van der Waals surface area contributed by atoms with Crippen molar-refractivity contribution in [2.75, 3.05) is 31.5 Å². The molecule has 2 aromatic carbocycles. The van der Waals surface area contributed by atoms with E-state index in [9.17, 15) is 18.0 Å². The number of anilines is 1. The molecule has 0 bridgehead atoms. The van der Waals surface area contributed by atoms with Crippen LogP contribution in [0, 0.1) is 0 Å². The van der Waals surface area contributed by atoms with Crippen LogP contribution in [0.15, 0.2) is 53.4 Å². The highest BCUT2D eigenvalue weighted by Gasteiger charge is 2.29. The van der Waals surface area contributed by atoms with Crippen molar-refractivity contribution < 1.29 is 18.0 Å². The molecular formula is C22H27N3O4S. The quantitative estimate of drug-likeness (QED) is 0.792. The summed E-state index contributed by atoms with van der Waals surface area (Å²) >= 11 is 0. The summed E-state index contributed by atoms with van der Waals surface area (Å²) < 4.78 is 27.3. The van der Waals surface area contributed by atoms with Crippen LogP contribution in [-0.2, 0) is 14.8 Å². The molecule has 0 aromatic heterocycles. The van der Waals surface area contributed by atoms with Gasteiger partial charge in [0.05, 0.1) is 4.90 Å². The van der Waals surface area contributed by atoms with Gasteiger partial charge in [-0.05, 0) is 41.8 Å². The van der Waals surface area contributed by atoms with E-state index in [4.69, 9.17) is 0 Å². The van der Waals surface area contributed by atoms with E-state index in [-0.39, 0.29) is 35.4 Å². The molecular weight excluding hydrogens is 402 g/mol. The first-order chi connectivity index (χ1) is 14.2. The van der Waals surface area contributed by atoms with Gasteiger partial charge < -0.3 is 10.2 Å². The van der Waals surface area contributed by atoms with Crippen molar-refractivity contribution in [3.8, 4) is 0 Å². The smallest absolute Gasteiger partial charge is 0.255 e. The maximum Gasteiger partial charge on any atom is 0.255 e. The molecule has 0 unspecified atom stereocenters. The number of sulfonamides is 1. The third-order valence-corrected chi connectivity index (χ3v) is 7.15. The van der Waals surface area contributed by atoms with Crippen molar-refractivity contribution >= 4 is 27.5 Å². The normalized spacial score (nSPS) is 15.3. The molecule has 0 atom stereocenters. The summed E-state index contributed by atoms with van der Waals surface area (Å²) in [7, 11) is -3.74. The maximum absolute atomic E-state index is 13.0. The fraction of sp³-hybridized carbons (Fsp3) is 0.364. The summed E-state index contributed by atoms with van der Waals surface area (Å²) in [5, 5.41) is 2.81. The molecule has 1 saturated heterocycles. The lowest BCUT2D eigenvalue weighted by atomic mass is 10.0. The van der Waals surface area contributed by atoms with E-state index in [1.807, 2.05) is 24.3 Å². The maximum atomic E-state index is 13.0. The highest BCUT2D eigenvalue weighted by Crippen LogP contribution is 2.21. The highest BCUT2D eigenvalue weighted by molar-refractivity contribution is 7.89. The van der Waals surface area contributed by atoms with Crippen molar-refractivity contribution in [2.45, 2.75) is 31.6 Å². The first kappa shape index (κ1) is 22.0. The Bertz CT molecular complexity index is 1020. The number of rotatable bonds is 5. The van der Waals surface area contributed by atoms with Gasteiger partial charge in [0.25, 0.3) is 5.91 Å². The average Bonchev–Trinajstić information content (AvgIpc) is 2.74. The number of nitrogens with one attached hydrogen (secondary N) is 1. The molecule has 0 aliphatic carbocycles. The van der Waals surface area contributed by atoms with E-state index in [0.717, 1.165) is 0 Å². The van der Waals surface area contributed by atoms with Gasteiger partial charge in [-0.25, -0.2) is 8.42 Å². The summed E-state index contributed by atoms with van der Waals surface area (Å²) in [4.78, 5) is 25.8. The fourth-order valence-electron chi connectivity index (χ4n) is 3.34. The number of hydrogen-bond donors (Lipinski definition) is 1. The molecule has 1 aliphatic rings. The molecule has 2 amide bonds. The lowest BCUT2D eigenvalue weighted by Gasteiger charge is -2.33. The predicted octanol–water partition coefficient (Wildman–Crippen LogP) is 2.92. The molecule has 30 heavy (non-hydrogen) atoms. The van der Waals surface area contributed by atoms with Gasteiger partial charge in [-0.1, -0.05) is 32.0 Å². The van der Waals surface area contributed by atoms with Crippen molar-refractivity contribution in [3.05, 3.63) is 59.7 Å². The van der Waals surface area contributed by atoms with E-state index in [0.29, 0.717) is 24.7 Å². The van der Waals surface area contributed by atoms with E-state index >= 15 is 0 Å². The topological polar surface area (TPSA) is 86.8 Å². The van der Waals surface area contributed by atoms with Crippen molar-refractivity contribution in [1.29, 1.82) is 0 Å². The summed E-state index contributed by atoms with van der Waals surface area (Å²) in [5.74, 6) is -0.0353. The Labute approximate surface area is 177 Å². The van der Waals surface area contributed by atoms with Gasteiger partial charge in [-0.3, -0.25) is 9.59 Å². The molecule has 1 aliphatic heterocycles. The van der Waals surface area contributed by atoms with Crippen LogP contribution in [0.1, 0.15) is 42.6 Å². The number of nitrogens with zero attached hydrogens (tertiary/aromatic N) is 2. The number of carbonyl (C=O) groups excluding carboxylic acids is 2. The van der Waals surface area contributed by atoms with Gasteiger partial charge in [-0.15, -0.1) is 0 Å². The minimum Gasteiger partial charge on any atom is -0.340 e. The van der Waals surface area contributed by atoms with E-state index < -0.39 is 10.0 Å². The van der Waals surface area contributed by atoms with Crippen LogP contribution in [0.3, 0.4) is 0 Å². The minimum atomic E-state index is -3.74. The number of benzene rings is 2. The zero-order chi connectivity index (χ0) is 21.9. The van der Waals surface area contributed by atoms with Gasteiger partial charge in [0.2, 0.25) is 15.9 Å². The van der Waals surface area contributed by atoms with E-state index in [2.05, 4.69) is 19.2 Å². The Morgan fingerprint density at radius 2 is 1.60 bits per heavy atom. The van der Waals surface area contributed by atoms with Gasteiger partial charge in [0.15, 0.2) is 0 Å². The largest absolute Gasteiger partial charge is 0.340 e. The molecule has 1 fully saturated rings. The second-order valence-corrected chi connectivity index (χ2v) is 9.61. The first-order valence-electron chi connectivity index (χ1n) is 9.95. The molecule has 8 heteroatoms. The van der Waals surface area contributed by atoms with Crippen LogP contribution in [0.4, 0.5) is 5.69 Å². The Kier molecular flexibility index (Phi) is 6.58. The highest BCUT2D eigenvalue weighted by atomic mass is 32.2. The average molecular weight is 430 g/mol. The van der Waals surface area contributed by atoms with Crippen LogP contribution >= 0.6 is 0 Å². The van der Waals surface area contributed by atoms with Gasteiger partial charge >= 0.3 is 0 Å². The third kappa shape index (κ3) is 4.88. The molecule has 0 radical (unpaired) electrons. The Morgan fingerprint density at radius 3 is 2.17 bits per heavy atom. The molecule has 2 aromatic rings. The van der Waals surface area contributed by atoms with Gasteiger partial charge in [0, 0.05) is 44.4 Å². The van der Waals surface area contributed by atoms with Crippen molar-refractivity contribution in [1.82, 2.24) is 9.21 Å². The molecule has 1 heterocycles. The monoisotopic (exact) mass is 429 g/mol. The molecule has 0 spiro atoms. The Morgan fingerprint density at radius 1 is 0.967 bits per heavy atom. The van der Waals surface area contributed by atoms with E-state index in [1.165, 1.54) is 28.9 Å². The van der Waals surface area contributed by atoms with Crippen LogP contribution in [0.25, 0.3) is 0 Å². The van der Waals surface area contributed by atoms with Crippen LogP contribution < -0.4 is 5.32 Å². The zero-order valence-corrected chi connectivity index (χ0v) is 18.3. The third-order valence-electron chi connectivity index (χ3n) is 5.25. The molecule has 160 valence electrons. The number of carbonyl (C=O) groups is 2. The van der Waals surface area contributed by atoms with E-state index in [1.54, 1.807) is 17.0 Å². The molecule has 7 nitrogen and oxygen atoms in total. The van der Waals surface area contributed by atoms with Crippen LogP contribution in [0.5, 0.6) is 0 Å². The minimum absolute atomic E-state index is 0.0628. The second kappa shape index (κ2) is 8.97. The predicted molar refractivity (Wildman–Crippen MR) is 116 cm³/mol. The standard InChI is InChI=1S/C22H27N3O4S/c1-16(2)18-7-9-20(10-8-18)23-22(27)19-5-4-6-21(15-19)30(28,29)25-13-11-24(12-14-25)17(3)26/h4-10,15-16H,11-14H2,1-3H3,(H,23,27). The second-order valence-electron chi connectivity index (χ2n) is 7.67. The lowest BCUT2D eigenvalue weighted by Crippen LogP contribution is -2.49. The molecule has 1 N–H and O–H groups in total.